The molecular weight excluding hydrogens is 360 g/mol. The molecule has 148 valence electrons. The molecule has 0 aromatic heterocycles. The number of hydrogen-bond donors (Lipinski definition) is 2. The van der Waals surface area contributed by atoms with Crippen molar-refractivity contribution in [2.45, 2.75) is 37.2 Å². The molecule has 2 fully saturated rings. The van der Waals surface area contributed by atoms with Gasteiger partial charge in [0.05, 0.1) is 0 Å². The first-order valence-electron chi connectivity index (χ1n) is 10.5. The van der Waals surface area contributed by atoms with E-state index in [1.165, 1.54) is 16.3 Å². The van der Waals surface area contributed by atoms with Crippen LogP contribution < -0.4 is 15.8 Å². The smallest absolute Gasteiger partial charge is 0.249 e. The maximum absolute atomic E-state index is 12.4. The molecule has 1 heterocycles. The summed E-state index contributed by atoms with van der Waals surface area (Å²) in [6.45, 7) is 1.88. The summed E-state index contributed by atoms with van der Waals surface area (Å²) in [5, 5.41) is 5.83. The summed E-state index contributed by atoms with van der Waals surface area (Å²) in [7, 11) is 0. The molecule has 5 rings (SSSR count). The Morgan fingerprint density at radius 2 is 1.86 bits per heavy atom. The number of amides is 1. The van der Waals surface area contributed by atoms with E-state index < -0.39 is 5.91 Å². The monoisotopic (exact) mass is 386 g/mol. The van der Waals surface area contributed by atoms with Gasteiger partial charge in [0.1, 0.15) is 11.9 Å². The second-order valence-corrected chi connectivity index (χ2v) is 8.27. The second-order valence-electron chi connectivity index (χ2n) is 8.27. The summed E-state index contributed by atoms with van der Waals surface area (Å²) < 4.78 is 6.14. The maximum Gasteiger partial charge on any atom is 0.249 e. The van der Waals surface area contributed by atoms with Gasteiger partial charge in [0.15, 0.2) is 0 Å². The zero-order valence-electron chi connectivity index (χ0n) is 16.5. The van der Waals surface area contributed by atoms with Gasteiger partial charge in [-0.1, -0.05) is 48.5 Å². The van der Waals surface area contributed by atoms with Crippen LogP contribution in [0.15, 0.2) is 60.7 Å². The molecule has 29 heavy (non-hydrogen) atoms. The lowest BCUT2D eigenvalue weighted by Gasteiger charge is -2.25. The number of nitrogens with one attached hydrogen (secondary N) is 1. The fourth-order valence-electron chi connectivity index (χ4n) is 4.78. The van der Waals surface area contributed by atoms with Crippen molar-refractivity contribution in [2.24, 2.45) is 5.73 Å². The minimum absolute atomic E-state index is 0.142. The molecule has 1 unspecified atom stereocenters. The molecular formula is C25H26N2O2. The van der Waals surface area contributed by atoms with Gasteiger partial charge in [-0.25, -0.2) is 0 Å². The van der Waals surface area contributed by atoms with Crippen molar-refractivity contribution >= 4 is 16.7 Å². The topological polar surface area (TPSA) is 64.4 Å². The van der Waals surface area contributed by atoms with Crippen LogP contribution in [0.2, 0.25) is 0 Å². The molecule has 4 nitrogen and oxygen atoms in total. The van der Waals surface area contributed by atoms with Gasteiger partial charge in [-0.15, -0.1) is 0 Å². The van der Waals surface area contributed by atoms with Crippen molar-refractivity contribution in [2.75, 3.05) is 13.1 Å². The zero-order chi connectivity index (χ0) is 19.8. The number of rotatable bonds is 5. The van der Waals surface area contributed by atoms with E-state index in [-0.39, 0.29) is 11.5 Å². The van der Waals surface area contributed by atoms with Crippen LogP contribution in [-0.2, 0) is 5.41 Å². The quantitative estimate of drug-likeness (QED) is 0.692. The molecule has 3 aromatic carbocycles. The number of nitrogens with two attached hydrogens (primary N) is 1. The van der Waals surface area contributed by atoms with E-state index >= 15 is 0 Å². The van der Waals surface area contributed by atoms with E-state index in [1.54, 1.807) is 0 Å². The normalized spacial score (nSPS) is 20.3. The first kappa shape index (κ1) is 18.2. The highest BCUT2D eigenvalue weighted by Gasteiger charge is 2.48. The van der Waals surface area contributed by atoms with Crippen molar-refractivity contribution in [3.05, 3.63) is 77.4 Å². The molecule has 0 radical (unpaired) electrons. The van der Waals surface area contributed by atoms with Gasteiger partial charge < -0.3 is 15.8 Å². The lowest BCUT2D eigenvalue weighted by molar-refractivity contribution is 0.0997. The fraction of sp³-hybridized carbons (Fsp3) is 0.320. The molecule has 1 amide bonds. The van der Waals surface area contributed by atoms with Crippen LogP contribution in [0.1, 0.15) is 47.2 Å². The maximum atomic E-state index is 12.4. The number of fused-ring (bicyclic) bond motifs is 1. The predicted molar refractivity (Wildman–Crippen MR) is 115 cm³/mol. The van der Waals surface area contributed by atoms with Gasteiger partial charge in [-0.05, 0) is 66.3 Å². The Morgan fingerprint density at radius 3 is 2.62 bits per heavy atom. The van der Waals surface area contributed by atoms with Gasteiger partial charge in [0.25, 0.3) is 0 Å². The van der Waals surface area contributed by atoms with E-state index in [1.807, 2.05) is 12.1 Å². The highest BCUT2D eigenvalue weighted by molar-refractivity contribution is 5.96. The van der Waals surface area contributed by atoms with Crippen LogP contribution in [-0.4, -0.2) is 25.1 Å². The van der Waals surface area contributed by atoms with E-state index in [0.29, 0.717) is 5.56 Å². The van der Waals surface area contributed by atoms with Crippen molar-refractivity contribution in [3.8, 4) is 5.75 Å². The molecule has 0 bridgehead atoms. The van der Waals surface area contributed by atoms with Crippen molar-refractivity contribution in [1.29, 1.82) is 0 Å². The van der Waals surface area contributed by atoms with Gasteiger partial charge in [-0.3, -0.25) is 4.79 Å². The highest BCUT2D eigenvalue weighted by atomic mass is 16.5. The van der Waals surface area contributed by atoms with E-state index in [0.717, 1.165) is 50.1 Å². The van der Waals surface area contributed by atoms with E-state index in [4.69, 9.17) is 10.5 Å². The lowest BCUT2D eigenvalue weighted by atomic mass is 9.82. The average molecular weight is 386 g/mol. The molecule has 4 heteroatoms. The summed E-state index contributed by atoms with van der Waals surface area (Å²) in [4.78, 5) is 12.4. The third-order valence-electron chi connectivity index (χ3n) is 6.38. The molecule has 0 spiro atoms. The van der Waals surface area contributed by atoms with Gasteiger partial charge in [0.2, 0.25) is 5.91 Å². The largest absolute Gasteiger partial charge is 0.489 e. The third-order valence-corrected chi connectivity index (χ3v) is 6.38. The Balaban J connectivity index is 1.55. The van der Waals surface area contributed by atoms with Gasteiger partial charge in [0, 0.05) is 17.5 Å². The standard InChI is InChI=1S/C25H26N2O2/c26-24(28)21-15-18(29-19-7-4-14-27-16-19)10-11-23(21)25(12-13-25)22-9-3-6-17-5-1-2-8-20(17)22/h1-3,5-6,8-11,15,19,27H,4,7,12-14,16H2,(H2,26,28). The number of ether oxygens (including phenoxy) is 1. The fourth-order valence-corrected chi connectivity index (χ4v) is 4.78. The first-order chi connectivity index (χ1) is 14.2. The molecule has 1 atom stereocenters. The van der Waals surface area contributed by atoms with Crippen molar-refractivity contribution in [1.82, 2.24) is 5.32 Å². The summed E-state index contributed by atoms with van der Waals surface area (Å²) in [6.07, 6.45) is 4.32. The van der Waals surface area contributed by atoms with Crippen LogP contribution in [0.25, 0.3) is 10.8 Å². The molecule has 1 saturated heterocycles. The lowest BCUT2D eigenvalue weighted by Crippen LogP contribution is -2.37. The molecule has 1 aliphatic heterocycles. The Labute approximate surface area is 171 Å². The van der Waals surface area contributed by atoms with Crippen molar-refractivity contribution < 1.29 is 9.53 Å². The number of carbonyl (C=O) groups excluding carboxylic acids is 1. The Kier molecular flexibility index (Phi) is 4.51. The minimum Gasteiger partial charge on any atom is -0.489 e. The molecule has 1 saturated carbocycles. The van der Waals surface area contributed by atoms with Crippen molar-refractivity contribution in [3.63, 3.8) is 0 Å². The Morgan fingerprint density at radius 1 is 1.03 bits per heavy atom. The number of carbonyl (C=O) groups is 1. The SMILES string of the molecule is NC(=O)c1cc(OC2CCCNC2)ccc1C1(c2cccc3ccccc23)CC1. The zero-order valence-corrected chi connectivity index (χ0v) is 16.5. The van der Waals surface area contributed by atoms with Crippen LogP contribution in [0.5, 0.6) is 5.75 Å². The Hall–Kier alpha value is -2.85. The molecule has 3 N–H and O–H groups in total. The van der Waals surface area contributed by atoms with Gasteiger partial charge >= 0.3 is 0 Å². The number of piperidine rings is 1. The van der Waals surface area contributed by atoms with E-state index in [9.17, 15) is 4.79 Å². The highest BCUT2D eigenvalue weighted by Crippen LogP contribution is 2.56. The number of benzene rings is 3. The second kappa shape index (κ2) is 7.20. The van der Waals surface area contributed by atoms with Crippen LogP contribution >= 0.6 is 0 Å². The van der Waals surface area contributed by atoms with Crippen LogP contribution in [0, 0.1) is 0 Å². The van der Waals surface area contributed by atoms with Gasteiger partial charge in [-0.2, -0.15) is 0 Å². The number of primary amides is 1. The summed E-state index contributed by atoms with van der Waals surface area (Å²) in [6, 6.07) is 20.8. The van der Waals surface area contributed by atoms with E-state index in [2.05, 4.69) is 53.8 Å². The third kappa shape index (κ3) is 3.28. The van der Waals surface area contributed by atoms with Crippen LogP contribution in [0.4, 0.5) is 0 Å². The minimum atomic E-state index is -0.390. The summed E-state index contributed by atoms with van der Waals surface area (Å²) in [5.41, 5.74) is 8.57. The molecule has 1 aliphatic carbocycles. The average Bonchev–Trinajstić information content (AvgIpc) is 3.56. The predicted octanol–water partition coefficient (Wildman–Crippen LogP) is 4.15. The summed E-state index contributed by atoms with van der Waals surface area (Å²) >= 11 is 0. The molecule has 2 aliphatic rings. The van der Waals surface area contributed by atoms with Crippen LogP contribution in [0.3, 0.4) is 0 Å². The number of hydrogen-bond acceptors (Lipinski definition) is 3. The summed E-state index contributed by atoms with van der Waals surface area (Å²) in [5.74, 6) is 0.337. The Bertz CT molecular complexity index is 1060. The first-order valence-corrected chi connectivity index (χ1v) is 10.5. The molecule has 3 aromatic rings.